The van der Waals surface area contributed by atoms with Gasteiger partial charge in [-0.1, -0.05) is 36.4 Å². The number of hydrogen-bond donors (Lipinski definition) is 2. The first-order valence-corrected chi connectivity index (χ1v) is 7.59. The minimum atomic E-state index is -0.593. The first-order chi connectivity index (χ1) is 10.2. The highest BCUT2D eigenvalue weighted by atomic mass is 32.2. The van der Waals surface area contributed by atoms with Gasteiger partial charge in [0.2, 0.25) is 5.91 Å². The maximum absolute atomic E-state index is 12.0. The Balaban J connectivity index is 1.62. The molecule has 1 aliphatic rings. The van der Waals surface area contributed by atoms with Crippen LogP contribution in [0.5, 0.6) is 0 Å². The summed E-state index contributed by atoms with van der Waals surface area (Å²) in [6, 6.07) is 16.5. The molecule has 0 radical (unpaired) electrons. The van der Waals surface area contributed by atoms with E-state index in [9.17, 15) is 9.59 Å². The van der Waals surface area contributed by atoms with Crippen LogP contribution in [0.15, 0.2) is 59.5 Å². The topological polar surface area (TPSA) is 58.2 Å². The lowest BCUT2D eigenvalue weighted by Gasteiger charge is -2.11. The first kappa shape index (κ1) is 13.7. The molecule has 3 rings (SSSR count). The van der Waals surface area contributed by atoms with Gasteiger partial charge in [-0.15, -0.1) is 11.8 Å². The van der Waals surface area contributed by atoms with Crippen molar-refractivity contribution in [2.75, 3.05) is 11.1 Å². The van der Waals surface area contributed by atoms with Gasteiger partial charge in [-0.05, 0) is 18.2 Å². The Morgan fingerprint density at radius 1 is 1.10 bits per heavy atom. The summed E-state index contributed by atoms with van der Waals surface area (Å²) < 4.78 is 0. The van der Waals surface area contributed by atoms with Gasteiger partial charge in [0.25, 0.3) is 5.91 Å². The summed E-state index contributed by atoms with van der Waals surface area (Å²) in [5.41, 5.74) is 1.59. The highest BCUT2D eigenvalue weighted by Crippen LogP contribution is 2.30. The van der Waals surface area contributed by atoms with Gasteiger partial charge in [0.05, 0.1) is 5.75 Å². The molecular weight excluding hydrogens is 284 g/mol. The van der Waals surface area contributed by atoms with Crippen LogP contribution in [0.4, 0.5) is 5.69 Å². The second-order valence-corrected chi connectivity index (χ2v) is 5.73. The van der Waals surface area contributed by atoms with Gasteiger partial charge in [0.15, 0.2) is 0 Å². The number of amides is 2. The SMILES string of the molecule is O=C(CSc1ccccc1)N[C@H]1C(=O)Nc2ccccc21. The van der Waals surface area contributed by atoms with Crippen molar-refractivity contribution in [3.63, 3.8) is 0 Å². The maximum Gasteiger partial charge on any atom is 0.251 e. The average molecular weight is 298 g/mol. The molecule has 2 amide bonds. The van der Waals surface area contributed by atoms with Gasteiger partial charge in [-0.25, -0.2) is 0 Å². The molecular formula is C16H14N2O2S. The molecule has 0 aromatic heterocycles. The summed E-state index contributed by atoms with van der Waals surface area (Å²) in [5.74, 6) is -0.0503. The van der Waals surface area contributed by atoms with Gasteiger partial charge in [0.1, 0.15) is 6.04 Å². The van der Waals surface area contributed by atoms with E-state index in [1.807, 2.05) is 54.6 Å². The van der Waals surface area contributed by atoms with Gasteiger partial charge in [0, 0.05) is 16.1 Å². The minimum absolute atomic E-state index is 0.152. The summed E-state index contributed by atoms with van der Waals surface area (Å²) in [5, 5.41) is 5.55. The van der Waals surface area contributed by atoms with Crippen LogP contribution in [0.2, 0.25) is 0 Å². The molecule has 0 bridgehead atoms. The zero-order valence-corrected chi connectivity index (χ0v) is 12.0. The van der Waals surface area contributed by atoms with Crippen molar-refractivity contribution in [3.8, 4) is 0 Å². The molecule has 0 saturated heterocycles. The van der Waals surface area contributed by atoms with E-state index < -0.39 is 6.04 Å². The monoisotopic (exact) mass is 298 g/mol. The molecule has 0 aliphatic carbocycles. The van der Waals surface area contributed by atoms with Crippen molar-refractivity contribution in [2.45, 2.75) is 10.9 Å². The van der Waals surface area contributed by atoms with Gasteiger partial charge < -0.3 is 10.6 Å². The van der Waals surface area contributed by atoms with E-state index in [1.54, 1.807) is 0 Å². The van der Waals surface area contributed by atoms with Crippen LogP contribution in [-0.2, 0) is 9.59 Å². The molecule has 0 spiro atoms. The molecule has 5 heteroatoms. The van der Waals surface area contributed by atoms with E-state index in [0.717, 1.165) is 16.1 Å². The Hall–Kier alpha value is -2.27. The second-order valence-electron chi connectivity index (χ2n) is 4.68. The standard InChI is InChI=1S/C16H14N2O2S/c19-14(10-21-11-6-2-1-3-7-11)18-15-12-8-4-5-9-13(12)17-16(15)20/h1-9,15H,10H2,(H,17,20)(H,18,19)/t15-/m1/s1. The molecule has 2 aromatic rings. The van der Waals surface area contributed by atoms with Crippen molar-refractivity contribution in [3.05, 3.63) is 60.2 Å². The van der Waals surface area contributed by atoms with Gasteiger partial charge >= 0.3 is 0 Å². The summed E-state index contributed by atoms with van der Waals surface area (Å²) in [4.78, 5) is 25.0. The zero-order chi connectivity index (χ0) is 14.7. The Labute approximate surface area is 126 Å². The number of fused-ring (bicyclic) bond motifs is 1. The molecule has 1 aliphatic heterocycles. The zero-order valence-electron chi connectivity index (χ0n) is 11.2. The van der Waals surface area contributed by atoms with Crippen molar-refractivity contribution in [2.24, 2.45) is 0 Å². The average Bonchev–Trinajstić information content (AvgIpc) is 2.82. The third-order valence-electron chi connectivity index (χ3n) is 3.21. The van der Waals surface area contributed by atoms with E-state index in [-0.39, 0.29) is 17.6 Å². The maximum atomic E-state index is 12.0. The van der Waals surface area contributed by atoms with Crippen LogP contribution < -0.4 is 10.6 Å². The highest BCUT2D eigenvalue weighted by Gasteiger charge is 2.31. The summed E-state index contributed by atoms with van der Waals surface area (Å²) in [7, 11) is 0. The van der Waals surface area contributed by atoms with Crippen molar-refractivity contribution in [1.29, 1.82) is 0 Å². The van der Waals surface area contributed by atoms with Crippen LogP contribution in [0, 0.1) is 0 Å². The van der Waals surface area contributed by atoms with Crippen LogP contribution >= 0.6 is 11.8 Å². The number of para-hydroxylation sites is 1. The minimum Gasteiger partial charge on any atom is -0.340 e. The van der Waals surface area contributed by atoms with E-state index in [4.69, 9.17) is 0 Å². The third-order valence-corrected chi connectivity index (χ3v) is 4.22. The summed E-state index contributed by atoms with van der Waals surface area (Å²) >= 11 is 1.45. The lowest BCUT2D eigenvalue weighted by molar-refractivity contribution is -0.124. The van der Waals surface area contributed by atoms with Gasteiger partial charge in [-0.2, -0.15) is 0 Å². The van der Waals surface area contributed by atoms with Crippen LogP contribution in [-0.4, -0.2) is 17.6 Å². The lowest BCUT2D eigenvalue weighted by atomic mass is 10.1. The fraction of sp³-hybridized carbons (Fsp3) is 0.125. The highest BCUT2D eigenvalue weighted by molar-refractivity contribution is 8.00. The number of carbonyl (C=O) groups excluding carboxylic acids is 2. The molecule has 4 nitrogen and oxygen atoms in total. The molecule has 1 atom stereocenters. The second kappa shape index (κ2) is 6.01. The number of carbonyl (C=O) groups is 2. The molecule has 0 unspecified atom stereocenters. The van der Waals surface area contributed by atoms with E-state index in [1.165, 1.54) is 11.8 Å². The van der Waals surface area contributed by atoms with Crippen molar-refractivity contribution < 1.29 is 9.59 Å². The quantitative estimate of drug-likeness (QED) is 0.853. The molecule has 0 saturated carbocycles. The lowest BCUT2D eigenvalue weighted by Crippen LogP contribution is -2.33. The number of nitrogens with one attached hydrogen (secondary N) is 2. The normalized spacial score (nSPS) is 16.2. The van der Waals surface area contributed by atoms with Crippen molar-refractivity contribution >= 4 is 29.3 Å². The molecule has 2 aromatic carbocycles. The fourth-order valence-corrected chi connectivity index (χ4v) is 2.95. The predicted molar refractivity (Wildman–Crippen MR) is 83.1 cm³/mol. The Morgan fingerprint density at radius 3 is 2.62 bits per heavy atom. The summed E-state index contributed by atoms with van der Waals surface area (Å²) in [6.07, 6.45) is 0. The van der Waals surface area contributed by atoms with Crippen molar-refractivity contribution in [1.82, 2.24) is 5.32 Å². The molecule has 106 valence electrons. The third kappa shape index (κ3) is 3.08. The molecule has 2 N–H and O–H groups in total. The van der Waals surface area contributed by atoms with Gasteiger partial charge in [-0.3, -0.25) is 9.59 Å². The Morgan fingerprint density at radius 2 is 1.81 bits per heavy atom. The van der Waals surface area contributed by atoms with E-state index in [0.29, 0.717) is 0 Å². The summed E-state index contributed by atoms with van der Waals surface area (Å²) in [6.45, 7) is 0. The van der Waals surface area contributed by atoms with E-state index >= 15 is 0 Å². The smallest absolute Gasteiger partial charge is 0.251 e. The van der Waals surface area contributed by atoms with Crippen LogP contribution in [0.3, 0.4) is 0 Å². The number of rotatable bonds is 4. The van der Waals surface area contributed by atoms with Crippen LogP contribution in [0.25, 0.3) is 0 Å². The Bertz CT molecular complexity index is 673. The number of hydrogen-bond acceptors (Lipinski definition) is 3. The molecule has 1 heterocycles. The predicted octanol–water partition coefficient (Wildman–Crippen LogP) is 2.59. The number of thioether (sulfide) groups is 1. The van der Waals surface area contributed by atoms with Crippen LogP contribution in [0.1, 0.15) is 11.6 Å². The first-order valence-electron chi connectivity index (χ1n) is 6.61. The largest absolute Gasteiger partial charge is 0.340 e. The molecule has 0 fully saturated rings. The Kier molecular flexibility index (Phi) is 3.92. The fourth-order valence-electron chi connectivity index (χ4n) is 2.22. The number of anilines is 1. The van der Waals surface area contributed by atoms with E-state index in [2.05, 4.69) is 10.6 Å². The number of benzene rings is 2. The molecule has 21 heavy (non-hydrogen) atoms.